The minimum atomic E-state index is -0.588. The number of amides is 1. The second kappa shape index (κ2) is 6.02. The molecule has 0 bridgehead atoms. The molecule has 2 N–H and O–H groups in total. The first-order valence-electron chi connectivity index (χ1n) is 5.47. The monoisotopic (exact) mass is 314 g/mol. The molecule has 2 aromatic rings. The van der Waals surface area contributed by atoms with Crippen molar-refractivity contribution in [3.63, 3.8) is 0 Å². The van der Waals surface area contributed by atoms with Gasteiger partial charge in [0.25, 0.3) is 5.91 Å². The van der Waals surface area contributed by atoms with Crippen LogP contribution in [0.3, 0.4) is 0 Å². The molecule has 0 radical (unpaired) electrons. The number of anilines is 2. The first kappa shape index (κ1) is 14.5. The van der Waals surface area contributed by atoms with E-state index in [0.29, 0.717) is 5.82 Å². The van der Waals surface area contributed by atoms with Crippen LogP contribution >= 0.6 is 23.2 Å². The Hall–Kier alpha value is -1.92. The highest BCUT2D eigenvalue weighted by Crippen LogP contribution is 2.31. The Balaban J connectivity index is 2.28. The summed E-state index contributed by atoms with van der Waals surface area (Å²) in [5.74, 6) is -0.700. The van der Waals surface area contributed by atoms with Gasteiger partial charge >= 0.3 is 0 Å². The van der Waals surface area contributed by atoms with Crippen LogP contribution in [0.2, 0.25) is 10.0 Å². The molecule has 0 aliphatic heterocycles. The number of aromatic nitrogens is 2. The number of carbonyl (C=O) groups is 1. The van der Waals surface area contributed by atoms with Crippen molar-refractivity contribution >= 4 is 40.6 Å². The van der Waals surface area contributed by atoms with Crippen molar-refractivity contribution in [1.29, 1.82) is 0 Å². The molecule has 20 heavy (non-hydrogen) atoms. The van der Waals surface area contributed by atoms with Crippen molar-refractivity contribution in [3.05, 3.63) is 46.1 Å². The minimum Gasteiger partial charge on any atom is -0.372 e. The number of nitrogens with zero attached hydrogens (tertiary/aromatic N) is 2. The quantitative estimate of drug-likeness (QED) is 0.912. The third-order valence-corrected chi connectivity index (χ3v) is 2.96. The third-order valence-electron chi connectivity index (χ3n) is 2.37. The summed E-state index contributed by atoms with van der Waals surface area (Å²) in [7, 11) is 1.65. The standard InChI is InChI=1S/C12H9Cl2FN4O/c1-16-10-5-17-4-9(18-10)12(20)19-11-7(13)2-6(15)3-8(11)14/h2-5H,1H3,(H,16,18)(H,19,20). The lowest BCUT2D eigenvalue weighted by molar-refractivity contribution is 0.102. The molecule has 0 aliphatic carbocycles. The lowest BCUT2D eigenvalue weighted by atomic mass is 10.3. The summed E-state index contributed by atoms with van der Waals surface area (Å²) < 4.78 is 13.1. The normalized spacial score (nSPS) is 10.2. The molecular formula is C12H9Cl2FN4O. The number of carbonyl (C=O) groups excluding carboxylic acids is 1. The lowest BCUT2D eigenvalue weighted by Gasteiger charge is -2.09. The van der Waals surface area contributed by atoms with Gasteiger partial charge in [0.15, 0.2) is 0 Å². The maximum Gasteiger partial charge on any atom is 0.276 e. The molecule has 0 saturated heterocycles. The average Bonchev–Trinajstić information content (AvgIpc) is 2.42. The Morgan fingerprint density at radius 2 is 1.90 bits per heavy atom. The van der Waals surface area contributed by atoms with Crippen LogP contribution in [-0.4, -0.2) is 22.9 Å². The van der Waals surface area contributed by atoms with Crippen LogP contribution in [0.5, 0.6) is 0 Å². The molecule has 1 amide bonds. The number of hydrogen-bond acceptors (Lipinski definition) is 4. The van der Waals surface area contributed by atoms with E-state index in [4.69, 9.17) is 23.2 Å². The van der Waals surface area contributed by atoms with E-state index in [0.717, 1.165) is 12.1 Å². The van der Waals surface area contributed by atoms with Crippen molar-refractivity contribution in [3.8, 4) is 0 Å². The maximum atomic E-state index is 13.1. The average molecular weight is 315 g/mol. The number of benzene rings is 1. The SMILES string of the molecule is CNc1cncc(C(=O)Nc2c(Cl)cc(F)cc2Cl)n1. The molecule has 1 aromatic carbocycles. The molecule has 5 nitrogen and oxygen atoms in total. The summed E-state index contributed by atoms with van der Waals surface area (Å²) in [5, 5.41) is 5.24. The highest BCUT2D eigenvalue weighted by molar-refractivity contribution is 6.40. The van der Waals surface area contributed by atoms with Gasteiger partial charge in [0.05, 0.1) is 28.1 Å². The molecule has 0 atom stereocenters. The maximum absolute atomic E-state index is 13.1. The van der Waals surface area contributed by atoms with E-state index in [9.17, 15) is 9.18 Å². The predicted octanol–water partition coefficient (Wildman–Crippen LogP) is 3.22. The Kier molecular flexibility index (Phi) is 4.36. The van der Waals surface area contributed by atoms with E-state index >= 15 is 0 Å². The van der Waals surface area contributed by atoms with Crippen LogP contribution in [0.25, 0.3) is 0 Å². The predicted molar refractivity (Wildman–Crippen MR) is 76.0 cm³/mol. The molecule has 2 rings (SSSR count). The van der Waals surface area contributed by atoms with E-state index in [1.165, 1.54) is 12.4 Å². The summed E-state index contributed by atoms with van der Waals surface area (Å²) >= 11 is 11.7. The zero-order valence-electron chi connectivity index (χ0n) is 10.2. The topological polar surface area (TPSA) is 66.9 Å². The van der Waals surface area contributed by atoms with Crippen LogP contribution in [-0.2, 0) is 0 Å². The summed E-state index contributed by atoms with van der Waals surface area (Å²) in [6.07, 6.45) is 2.76. The smallest absolute Gasteiger partial charge is 0.276 e. The minimum absolute atomic E-state index is 0.00100. The molecule has 0 aliphatic rings. The third kappa shape index (κ3) is 3.15. The van der Waals surface area contributed by atoms with E-state index in [2.05, 4.69) is 20.6 Å². The molecule has 1 heterocycles. The van der Waals surface area contributed by atoms with Gasteiger partial charge in [-0.25, -0.2) is 9.37 Å². The fourth-order valence-electron chi connectivity index (χ4n) is 1.44. The Morgan fingerprint density at radius 3 is 2.50 bits per heavy atom. The fourth-order valence-corrected chi connectivity index (χ4v) is 1.99. The Bertz CT molecular complexity index is 643. The van der Waals surface area contributed by atoms with Crippen LogP contribution in [0, 0.1) is 5.82 Å². The van der Waals surface area contributed by atoms with Gasteiger partial charge in [-0.3, -0.25) is 9.78 Å². The van der Waals surface area contributed by atoms with E-state index < -0.39 is 11.7 Å². The van der Waals surface area contributed by atoms with Crippen molar-refractivity contribution in [1.82, 2.24) is 9.97 Å². The lowest BCUT2D eigenvalue weighted by Crippen LogP contribution is -2.15. The van der Waals surface area contributed by atoms with Crippen LogP contribution in [0.1, 0.15) is 10.5 Å². The molecule has 104 valence electrons. The highest BCUT2D eigenvalue weighted by Gasteiger charge is 2.14. The van der Waals surface area contributed by atoms with Crippen LogP contribution in [0.15, 0.2) is 24.5 Å². The highest BCUT2D eigenvalue weighted by atomic mass is 35.5. The second-order valence-electron chi connectivity index (χ2n) is 3.74. The molecule has 0 spiro atoms. The van der Waals surface area contributed by atoms with Crippen LogP contribution in [0.4, 0.5) is 15.9 Å². The molecule has 0 unspecified atom stereocenters. The Labute approximate surface area is 124 Å². The molecule has 0 saturated carbocycles. The van der Waals surface area contributed by atoms with Gasteiger partial charge in [-0.05, 0) is 12.1 Å². The molecular weight excluding hydrogens is 306 g/mol. The van der Waals surface area contributed by atoms with Gasteiger partial charge in [-0.2, -0.15) is 0 Å². The van der Waals surface area contributed by atoms with Crippen molar-refractivity contribution in [2.45, 2.75) is 0 Å². The van der Waals surface area contributed by atoms with Crippen molar-refractivity contribution < 1.29 is 9.18 Å². The van der Waals surface area contributed by atoms with Gasteiger partial charge in [-0.15, -0.1) is 0 Å². The van der Waals surface area contributed by atoms with E-state index in [1.807, 2.05) is 0 Å². The van der Waals surface area contributed by atoms with E-state index in [1.54, 1.807) is 7.05 Å². The van der Waals surface area contributed by atoms with Gasteiger partial charge in [-0.1, -0.05) is 23.2 Å². The zero-order chi connectivity index (χ0) is 14.7. The van der Waals surface area contributed by atoms with Gasteiger partial charge in [0.2, 0.25) is 0 Å². The Morgan fingerprint density at radius 1 is 1.25 bits per heavy atom. The number of hydrogen-bond donors (Lipinski definition) is 2. The fraction of sp³-hybridized carbons (Fsp3) is 0.0833. The number of rotatable bonds is 3. The first-order chi connectivity index (χ1) is 9.51. The van der Waals surface area contributed by atoms with Crippen molar-refractivity contribution in [2.75, 3.05) is 17.7 Å². The summed E-state index contributed by atoms with van der Waals surface area (Å²) in [5.41, 5.74) is 0.199. The zero-order valence-corrected chi connectivity index (χ0v) is 11.8. The second-order valence-corrected chi connectivity index (χ2v) is 4.55. The number of halogens is 3. The molecule has 8 heteroatoms. The first-order valence-corrected chi connectivity index (χ1v) is 6.22. The van der Waals surface area contributed by atoms with Gasteiger partial charge in [0, 0.05) is 7.05 Å². The summed E-state index contributed by atoms with van der Waals surface area (Å²) in [6, 6.07) is 2.11. The van der Waals surface area contributed by atoms with Gasteiger partial charge < -0.3 is 10.6 Å². The van der Waals surface area contributed by atoms with Gasteiger partial charge in [0.1, 0.15) is 17.3 Å². The summed E-state index contributed by atoms with van der Waals surface area (Å²) in [6.45, 7) is 0. The molecule has 0 fully saturated rings. The van der Waals surface area contributed by atoms with Crippen molar-refractivity contribution in [2.24, 2.45) is 0 Å². The molecule has 1 aromatic heterocycles. The van der Waals surface area contributed by atoms with Crippen LogP contribution < -0.4 is 10.6 Å². The largest absolute Gasteiger partial charge is 0.372 e. The summed E-state index contributed by atoms with van der Waals surface area (Å²) in [4.78, 5) is 19.9. The van der Waals surface area contributed by atoms with E-state index in [-0.39, 0.29) is 21.4 Å². The number of nitrogens with one attached hydrogen (secondary N) is 2.